The number of ether oxygens (including phenoxy) is 1. The molecule has 1 fully saturated rings. The number of carbonyl (C=O) groups is 2. The van der Waals surface area contributed by atoms with E-state index in [-0.39, 0.29) is 30.2 Å². The summed E-state index contributed by atoms with van der Waals surface area (Å²) in [4.78, 5) is 25.2. The lowest BCUT2D eigenvalue weighted by Gasteiger charge is -2.33. The highest BCUT2D eigenvalue weighted by atomic mass is 35.5. The van der Waals surface area contributed by atoms with Crippen molar-refractivity contribution < 1.29 is 14.3 Å². The molecular formula is C12H23ClN2O3. The van der Waals surface area contributed by atoms with Gasteiger partial charge < -0.3 is 15.4 Å². The first-order valence-corrected chi connectivity index (χ1v) is 6.31. The van der Waals surface area contributed by atoms with Crippen LogP contribution < -0.4 is 5.73 Å². The molecule has 0 bridgehead atoms. The minimum absolute atomic E-state index is 0. The van der Waals surface area contributed by atoms with Crippen molar-refractivity contribution in [2.24, 2.45) is 11.7 Å². The second-order valence-electron chi connectivity index (χ2n) is 4.39. The van der Waals surface area contributed by atoms with Crippen LogP contribution in [0.15, 0.2) is 0 Å². The van der Waals surface area contributed by atoms with Gasteiger partial charge in [-0.3, -0.25) is 9.59 Å². The molecule has 6 heteroatoms. The Morgan fingerprint density at radius 1 is 1.44 bits per heavy atom. The van der Waals surface area contributed by atoms with Gasteiger partial charge >= 0.3 is 5.97 Å². The normalized spacial score (nSPS) is 20.8. The molecule has 0 spiro atoms. The lowest BCUT2D eigenvalue weighted by molar-refractivity contribution is -0.151. The molecule has 1 saturated heterocycles. The average Bonchev–Trinajstić information content (AvgIpc) is 2.37. The van der Waals surface area contributed by atoms with Crippen LogP contribution in [0.4, 0.5) is 0 Å². The summed E-state index contributed by atoms with van der Waals surface area (Å²) in [5.74, 6) is -0.437. The van der Waals surface area contributed by atoms with Crippen molar-refractivity contribution >= 4 is 24.3 Å². The molecule has 1 unspecified atom stereocenters. The Morgan fingerprint density at radius 3 is 2.67 bits per heavy atom. The predicted octanol–water partition coefficient (Wildman–Crippen LogP) is 0.947. The van der Waals surface area contributed by atoms with Crippen LogP contribution in [0.5, 0.6) is 0 Å². The highest BCUT2D eigenvalue weighted by Crippen LogP contribution is 2.18. The van der Waals surface area contributed by atoms with E-state index < -0.39 is 6.04 Å². The largest absolute Gasteiger partial charge is 0.466 e. The fraction of sp³-hybridized carbons (Fsp3) is 0.833. The first kappa shape index (κ1) is 17.2. The summed E-state index contributed by atoms with van der Waals surface area (Å²) < 4.78 is 4.99. The van der Waals surface area contributed by atoms with Crippen LogP contribution in [0.1, 0.15) is 33.1 Å². The van der Waals surface area contributed by atoms with E-state index in [1.165, 1.54) is 0 Å². The van der Waals surface area contributed by atoms with E-state index in [1.54, 1.807) is 11.8 Å². The van der Waals surface area contributed by atoms with Gasteiger partial charge in [-0.1, -0.05) is 6.92 Å². The minimum Gasteiger partial charge on any atom is -0.466 e. The second kappa shape index (κ2) is 8.32. The molecule has 2 N–H and O–H groups in total. The van der Waals surface area contributed by atoms with Gasteiger partial charge in [0.25, 0.3) is 0 Å². The van der Waals surface area contributed by atoms with Crippen molar-refractivity contribution in [1.82, 2.24) is 4.90 Å². The number of rotatable bonds is 4. The van der Waals surface area contributed by atoms with Crippen molar-refractivity contribution in [2.75, 3.05) is 19.7 Å². The maximum atomic E-state index is 11.9. The molecule has 106 valence electrons. The third-order valence-corrected chi connectivity index (χ3v) is 3.11. The summed E-state index contributed by atoms with van der Waals surface area (Å²) in [6.45, 7) is 5.21. The first-order chi connectivity index (χ1) is 8.10. The maximum Gasteiger partial charge on any atom is 0.310 e. The Labute approximate surface area is 114 Å². The van der Waals surface area contributed by atoms with Crippen molar-refractivity contribution in [3.8, 4) is 0 Å². The molecule has 1 amide bonds. The number of hydrogen-bond acceptors (Lipinski definition) is 4. The number of piperidine rings is 1. The van der Waals surface area contributed by atoms with Gasteiger partial charge in [0.15, 0.2) is 0 Å². The average molecular weight is 279 g/mol. The van der Waals surface area contributed by atoms with Crippen LogP contribution in [0.2, 0.25) is 0 Å². The number of hydrogen-bond donors (Lipinski definition) is 1. The zero-order valence-corrected chi connectivity index (χ0v) is 11.9. The molecule has 1 rings (SSSR count). The Morgan fingerprint density at radius 2 is 2.11 bits per heavy atom. The minimum atomic E-state index is -0.448. The first-order valence-electron chi connectivity index (χ1n) is 6.31. The number of amides is 1. The van der Waals surface area contributed by atoms with E-state index >= 15 is 0 Å². The smallest absolute Gasteiger partial charge is 0.310 e. The van der Waals surface area contributed by atoms with Gasteiger partial charge in [0.1, 0.15) is 0 Å². The lowest BCUT2D eigenvalue weighted by atomic mass is 9.97. The van der Waals surface area contributed by atoms with E-state index in [1.807, 2.05) is 6.92 Å². The fourth-order valence-electron chi connectivity index (χ4n) is 2.04. The van der Waals surface area contributed by atoms with Gasteiger partial charge in [0.05, 0.1) is 18.6 Å². The zero-order valence-electron chi connectivity index (χ0n) is 11.1. The van der Waals surface area contributed by atoms with Gasteiger partial charge in [-0.2, -0.15) is 0 Å². The monoisotopic (exact) mass is 278 g/mol. The summed E-state index contributed by atoms with van der Waals surface area (Å²) in [5, 5.41) is 0. The van der Waals surface area contributed by atoms with Crippen molar-refractivity contribution in [3.63, 3.8) is 0 Å². The molecule has 5 nitrogen and oxygen atoms in total. The molecular weight excluding hydrogens is 256 g/mol. The van der Waals surface area contributed by atoms with Crippen molar-refractivity contribution in [1.29, 1.82) is 0 Å². The Balaban J connectivity index is 0.00000289. The van der Waals surface area contributed by atoms with Crippen LogP contribution >= 0.6 is 12.4 Å². The molecule has 0 saturated carbocycles. The van der Waals surface area contributed by atoms with E-state index in [0.717, 1.165) is 12.8 Å². The van der Waals surface area contributed by atoms with E-state index in [2.05, 4.69) is 0 Å². The predicted molar refractivity (Wildman–Crippen MR) is 71.5 cm³/mol. The third kappa shape index (κ3) is 4.46. The van der Waals surface area contributed by atoms with Gasteiger partial charge in [-0.05, 0) is 26.2 Å². The van der Waals surface area contributed by atoms with Crippen molar-refractivity contribution in [3.05, 3.63) is 0 Å². The summed E-state index contributed by atoms with van der Waals surface area (Å²) >= 11 is 0. The van der Waals surface area contributed by atoms with Crippen LogP contribution in [0.3, 0.4) is 0 Å². The fourth-order valence-corrected chi connectivity index (χ4v) is 2.04. The lowest BCUT2D eigenvalue weighted by Crippen LogP contribution is -2.49. The van der Waals surface area contributed by atoms with E-state index in [0.29, 0.717) is 26.1 Å². The molecule has 0 aromatic carbocycles. The molecule has 0 aromatic rings. The number of carbonyl (C=O) groups excluding carboxylic acids is 2. The van der Waals surface area contributed by atoms with E-state index in [4.69, 9.17) is 10.5 Å². The highest BCUT2D eigenvalue weighted by molar-refractivity contribution is 5.85. The quantitative estimate of drug-likeness (QED) is 0.777. The Hall–Kier alpha value is -0.810. The molecule has 0 radical (unpaired) electrons. The van der Waals surface area contributed by atoms with Gasteiger partial charge in [0, 0.05) is 13.1 Å². The highest BCUT2D eigenvalue weighted by Gasteiger charge is 2.30. The standard InChI is InChI=1S/C12H22N2O3.ClH/c1-3-10(13)11(15)14-7-5-6-9(8-14)12(16)17-4-2;/h9-10H,3-8,13H2,1-2H3;1H/t9?,10-;/m0./s1. The van der Waals surface area contributed by atoms with Gasteiger partial charge in [-0.15, -0.1) is 12.4 Å². The number of likely N-dealkylation sites (tertiary alicyclic amines) is 1. The zero-order chi connectivity index (χ0) is 12.8. The molecule has 0 aliphatic carbocycles. The van der Waals surface area contributed by atoms with Crippen LogP contribution in [0.25, 0.3) is 0 Å². The molecule has 1 heterocycles. The SMILES string of the molecule is CCOC(=O)C1CCCN(C(=O)[C@@H](N)CC)C1.Cl. The van der Waals surface area contributed by atoms with Crippen LogP contribution in [-0.2, 0) is 14.3 Å². The number of esters is 1. The Bertz CT molecular complexity index is 286. The van der Waals surface area contributed by atoms with Crippen LogP contribution in [-0.4, -0.2) is 42.5 Å². The molecule has 1 aliphatic heterocycles. The third-order valence-electron chi connectivity index (χ3n) is 3.11. The Kier molecular flexibility index (Phi) is 7.95. The molecule has 0 aromatic heterocycles. The molecule has 18 heavy (non-hydrogen) atoms. The second-order valence-corrected chi connectivity index (χ2v) is 4.39. The topological polar surface area (TPSA) is 72.6 Å². The van der Waals surface area contributed by atoms with E-state index in [9.17, 15) is 9.59 Å². The summed E-state index contributed by atoms with van der Waals surface area (Å²) in [7, 11) is 0. The number of halogens is 1. The van der Waals surface area contributed by atoms with Crippen LogP contribution in [0, 0.1) is 5.92 Å². The summed E-state index contributed by atoms with van der Waals surface area (Å²) in [6, 6.07) is -0.448. The number of nitrogens with two attached hydrogens (primary N) is 1. The molecule has 1 aliphatic rings. The van der Waals surface area contributed by atoms with Crippen molar-refractivity contribution in [2.45, 2.75) is 39.2 Å². The number of nitrogens with zero attached hydrogens (tertiary/aromatic N) is 1. The summed E-state index contributed by atoms with van der Waals surface area (Å²) in [6.07, 6.45) is 2.26. The maximum absolute atomic E-state index is 11.9. The van der Waals surface area contributed by atoms with Gasteiger partial charge in [-0.25, -0.2) is 0 Å². The summed E-state index contributed by atoms with van der Waals surface area (Å²) in [5.41, 5.74) is 5.72. The van der Waals surface area contributed by atoms with Gasteiger partial charge in [0.2, 0.25) is 5.91 Å². The molecule has 2 atom stereocenters.